The van der Waals surface area contributed by atoms with Gasteiger partial charge in [-0.25, -0.2) is 9.97 Å². The number of phenols is 1. The van der Waals surface area contributed by atoms with Gasteiger partial charge in [0, 0.05) is 11.8 Å². The van der Waals surface area contributed by atoms with Crippen LogP contribution in [-0.4, -0.2) is 19.6 Å². The summed E-state index contributed by atoms with van der Waals surface area (Å²) in [5.41, 5.74) is 2.37. The number of hydrogen-bond donors (Lipinski definition) is 1. The number of fused-ring (bicyclic) bond motifs is 1. The van der Waals surface area contributed by atoms with Crippen LogP contribution in [0.1, 0.15) is 11.3 Å². The summed E-state index contributed by atoms with van der Waals surface area (Å²) in [5, 5.41) is 10.1. The second-order valence-corrected chi connectivity index (χ2v) is 5.41. The quantitative estimate of drug-likeness (QED) is 0.626. The van der Waals surface area contributed by atoms with E-state index in [1.54, 1.807) is 18.3 Å². The van der Waals surface area contributed by atoms with E-state index >= 15 is 0 Å². The van der Waals surface area contributed by atoms with Crippen LogP contribution < -0.4 is 0 Å². The van der Waals surface area contributed by atoms with E-state index in [1.165, 1.54) is 0 Å². The fourth-order valence-electron chi connectivity index (χ4n) is 2.67. The molecule has 0 bridgehead atoms. The van der Waals surface area contributed by atoms with E-state index in [9.17, 15) is 5.11 Å². The molecule has 0 aliphatic heterocycles. The second-order valence-electron chi connectivity index (χ2n) is 5.41. The third-order valence-corrected chi connectivity index (χ3v) is 3.78. The van der Waals surface area contributed by atoms with E-state index in [0.29, 0.717) is 18.1 Å². The Balaban J connectivity index is 1.91. The van der Waals surface area contributed by atoms with Crippen molar-refractivity contribution in [3.05, 3.63) is 66.1 Å². The highest BCUT2D eigenvalue weighted by molar-refractivity contribution is 5.76. The lowest BCUT2D eigenvalue weighted by atomic mass is 10.2. The summed E-state index contributed by atoms with van der Waals surface area (Å²) in [7, 11) is 0. The normalized spacial score (nSPS) is 11.2. The van der Waals surface area contributed by atoms with Gasteiger partial charge in [0.25, 0.3) is 0 Å². The predicted octanol–water partition coefficient (Wildman–Crippen LogP) is 3.75. The summed E-state index contributed by atoms with van der Waals surface area (Å²) >= 11 is 0. The lowest BCUT2D eigenvalue weighted by Gasteiger charge is -2.09. The lowest BCUT2D eigenvalue weighted by Crippen LogP contribution is -2.03. The van der Waals surface area contributed by atoms with Gasteiger partial charge in [-0.15, -0.1) is 0 Å². The number of aromatic hydroxyl groups is 1. The topological polar surface area (TPSA) is 64.1 Å². The highest BCUT2D eigenvalue weighted by atomic mass is 16.3. The van der Waals surface area contributed by atoms with E-state index < -0.39 is 0 Å². The zero-order valence-electron chi connectivity index (χ0n) is 12.6. The van der Waals surface area contributed by atoms with Crippen LogP contribution in [-0.2, 0) is 6.54 Å². The van der Waals surface area contributed by atoms with E-state index in [1.807, 2.05) is 47.9 Å². The first-order valence-electron chi connectivity index (χ1n) is 7.37. The van der Waals surface area contributed by atoms with Crippen LogP contribution in [0.4, 0.5) is 0 Å². The highest BCUT2D eigenvalue weighted by Gasteiger charge is 2.17. The fourth-order valence-corrected chi connectivity index (χ4v) is 2.67. The molecule has 1 N–H and O–H groups in total. The number of benzene rings is 1. The van der Waals surface area contributed by atoms with Gasteiger partial charge in [-0.2, -0.15) is 0 Å². The largest absolute Gasteiger partial charge is 0.508 e. The first-order valence-corrected chi connectivity index (χ1v) is 7.37. The smallest absolute Gasteiger partial charge is 0.178 e. The fraction of sp³-hybridized carbons (Fsp3) is 0.111. The predicted molar refractivity (Wildman–Crippen MR) is 87.2 cm³/mol. The molecule has 3 heterocycles. The van der Waals surface area contributed by atoms with Crippen LogP contribution in [0, 0.1) is 6.92 Å². The van der Waals surface area contributed by atoms with E-state index in [2.05, 4.69) is 9.97 Å². The first-order chi connectivity index (χ1) is 11.2. The molecule has 0 amide bonds. The van der Waals surface area contributed by atoms with Crippen molar-refractivity contribution in [2.75, 3.05) is 0 Å². The Bertz CT molecular complexity index is 985. The Kier molecular flexibility index (Phi) is 3.12. The number of hydrogen-bond acceptors (Lipinski definition) is 4. The van der Waals surface area contributed by atoms with Crippen LogP contribution >= 0.6 is 0 Å². The van der Waals surface area contributed by atoms with Crippen molar-refractivity contribution in [2.24, 2.45) is 0 Å². The molecule has 0 radical (unpaired) electrons. The van der Waals surface area contributed by atoms with Crippen molar-refractivity contribution in [1.82, 2.24) is 14.5 Å². The monoisotopic (exact) mass is 305 g/mol. The number of rotatable bonds is 3. The van der Waals surface area contributed by atoms with E-state index in [0.717, 1.165) is 22.5 Å². The minimum Gasteiger partial charge on any atom is -0.508 e. The van der Waals surface area contributed by atoms with Gasteiger partial charge >= 0.3 is 0 Å². The van der Waals surface area contributed by atoms with Gasteiger partial charge in [0.1, 0.15) is 17.0 Å². The Labute approximate surface area is 132 Å². The molecule has 5 heteroatoms. The summed E-state index contributed by atoms with van der Waals surface area (Å²) in [5.74, 6) is 2.48. The summed E-state index contributed by atoms with van der Waals surface area (Å²) in [6.07, 6.45) is 1.74. The van der Waals surface area contributed by atoms with Gasteiger partial charge in [-0.1, -0.05) is 18.2 Å². The maximum atomic E-state index is 10.1. The Morgan fingerprint density at radius 1 is 1.09 bits per heavy atom. The number of pyridine rings is 1. The van der Waals surface area contributed by atoms with Crippen molar-refractivity contribution in [1.29, 1.82) is 0 Å². The Hall–Kier alpha value is -3.08. The van der Waals surface area contributed by atoms with Gasteiger partial charge in [-0.3, -0.25) is 0 Å². The number of furan rings is 1. The molecule has 0 aliphatic rings. The first kappa shape index (κ1) is 13.6. The molecule has 0 spiro atoms. The SMILES string of the molecule is Cc1ccc(-c2nc3cccnc3n2Cc2ccccc2O)o1. The maximum Gasteiger partial charge on any atom is 0.178 e. The number of para-hydroxylation sites is 1. The van der Waals surface area contributed by atoms with Crippen molar-refractivity contribution < 1.29 is 9.52 Å². The number of phenolic OH excluding ortho intramolecular Hbond substituents is 1. The van der Waals surface area contributed by atoms with Crippen molar-refractivity contribution >= 4 is 11.2 Å². The minimum atomic E-state index is 0.256. The molecule has 23 heavy (non-hydrogen) atoms. The van der Waals surface area contributed by atoms with Gasteiger partial charge < -0.3 is 14.1 Å². The summed E-state index contributed by atoms with van der Waals surface area (Å²) in [6.45, 7) is 2.37. The standard InChI is InChI=1S/C18H15N3O2/c1-12-8-9-16(23-12)18-20-14-6-4-10-19-17(14)21(18)11-13-5-2-3-7-15(13)22/h2-10,22H,11H2,1H3. The van der Waals surface area contributed by atoms with E-state index in [4.69, 9.17) is 4.42 Å². The third kappa shape index (κ3) is 2.36. The average molecular weight is 305 g/mol. The maximum absolute atomic E-state index is 10.1. The van der Waals surface area contributed by atoms with Crippen molar-refractivity contribution in [3.8, 4) is 17.3 Å². The van der Waals surface area contributed by atoms with Crippen LogP contribution in [0.5, 0.6) is 5.75 Å². The molecule has 114 valence electrons. The molecule has 0 saturated carbocycles. The summed E-state index contributed by atoms with van der Waals surface area (Å²) in [6, 6.07) is 14.9. The van der Waals surface area contributed by atoms with Gasteiger partial charge in [0.2, 0.25) is 0 Å². The summed E-state index contributed by atoms with van der Waals surface area (Å²) < 4.78 is 7.70. The molecule has 5 nitrogen and oxygen atoms in total. The number of aryl methyl sites for hydroxylation is 1. The molecule has 3 aromatic heterocycles. The molecular weight excluding hydrogens is 290 g/mol. The average Bonchev–Trinajstić information content (AvgIpc) is 3.14. The van der Waals surface area contributed by atoms with Crippen LogP contribution in [0.3, 0.4) is 0 Å². The van der Waals surface area contributed by atoms with Gasteiger partial charge in [0.05, 0.1) is 6.54 Å². The zero-order chi connectivity index (χ0) is 15.8. The summed E-state index contributed by atoms with van der Waals surface area (Å²) in [4.78, 5) is 9.08. The van der Waals surface area contributed by atoms with E-state index in [-0.39, 0.29) is 5.75 Å². The zero-order valence-corrected chi connectivity index (χ0v) is 12.6. The molecular formula is C18H15N3O2. The van der Waals surface area contributed by atoms with Crippen molar-refractivity contribution in [3.63, 3.8) is 0 Å². The molecule has 0 saturated heterocycles. The number of imidazole rings is 1. The van der Waals surface area contributed by atoms with Gasteiger partial charge in [0.15, 0.2) is 17.2 Å². The Morgan fingerprint density at radius 3 is 2.74 bits per heavy atom. The molecule has 4 rings (SSSR count). The second kappa shape index (κ2) is 5.28. The van der Waals surface area contributed by atoms with Crippen LogP contribution in [0.25, 0.3) is 22.7 Å². The molecule has 0 aliphatic carbocycles. The number of aromatic nitrogens is 3. The third-order valence-electron chi connectivity index (χ3n) is 3.78. The van der Waals surface area contributed by atoms with Gasteiger partial charge in [-0.05, 0) is 37.3 Å². The molecule has 0 unspecified atom stereocenters. The lowest BCUT2D eigenvalue weighted by molar-refractivity contribution is 0.466. The molecule has 0 atom stereocenters. The molecule has 4 aromatic rings. The Morgan fingerprint density at radius 2 is 1.96 bits per heavy atom. The van der Waals surface area contributed by atoms with Crippen LogP contribution in [0.15, 0.2) is 59.1 Å². The molecule has 0 fully saturated rings. The number of nitrogens with zero attached hydrogens (tertiary/aromatic N) is 3. The van der Waals surface area contributed by atoms with Crippen LogP contribution in [0.2, 0.25) is 0 Å². The minimum absolute atomic E-state index is 0.256. The van der Waals surface area contributed by atoms with Crippen molar-refractivity contribution in [2.45, 2.75) is 13.5 Å². The molecule has 1 aromatic carbocycles. The highest BCUT2D eigenvalue weighted by Crippen LogP contribution is 2.27.